The molecule has 0 atom stereocenters. The topological polar surface area (TPSA) is 52.5 Å². The average molecular weight is 253 g/mol. The standard InChI is InChI=1S/C15H15N3O/c1-19-13-5-2-4-11(9-13)8-12-10-18-14(16)6-3-7-15(18)17-12/h2-7,9-10H,8,16H2,1H3. The number of nitrogens with zero attached hydrogens (tertiary/aromatic N) is 2. The Balaban J connectivity index is 1.94. The van der Waals surface area contributed by atoms with Crippen molar-refractivity contribution in [3.8, 4) is 5.75 Å². The Bertz CT molecular complexity index is 718. The van der Waals surface area contributed by atoms with Crippen LogP contribution in [0.5, 0.6) is 5.75 Å². The zero-order valence-electron chi connectivity index (χ0n) is 10.7. The Morgan fingerprint density at radius 3 is 2.84 bits per heavy atom. The van der Waals surface area contributed by atoms with Gasteiger partial charge in [-0.2, -0.15) is 0 Å². The Morgan fingerprint density at radius 2 is 2.05 bits per heavy atom. The van der Waals surface area contributed by atoms with E-state index < -0.39 is 0 Å². The summed E-state index contributed by atoms with van der Waals surface area (Å²) in [4.78, 5) is 4.57. The molecule has 3 aromatic rings. The number of rotatable bonds is 3. The van der Waals surface area contributed by atoms with Gasteiger partial charge in [-0.3, -0.25) is 4.40 Å². The second-order valence-corrected chi connectivity index (χ2v) is 4.44. The van der Waals surface area contributed by atoms with Crippen LogP contribution in [0, 0.1) is 0 Å². The summed E-state index contributed by atoms with van der Waals surface area (Å²) >= 11 is 0. The van der Waals surface area contributed by atoms with Crippen molar-refractivity contribution in [1.29, 1.82) is 0 Å². The van der Waals surface area contributed by atoms with Gasteiger partial charge in [0.05, 0.1) is 12.8 Å². The van der Waals surface area contributed by atoms with Gasteiger partial charge in [-0.05, 0) is 29.8 Å². The number of nitrogens with two attached hydrogens (primary N) is 1. The molecule has 2 N–H and O–H groups in total. The molecule has 0 bridgehead atoms. The van der Waals surface area contributed by atoms with E-state index in [-0.39, 0.29) is 0 Å². The smallest absolute Gasteiger partial charge is 0.138 e. The second kappa shape index (κ2) is 4.65. The lowest BCUT2D eigenvalue weighted by molar-refractivity contribution is 0.414. The van der Waals surface area contributed by atoms with E-state index in [1.807, 2.05) is 47.0 Å². The molecule has 0 unspecified atom stereocenters. The van der Waals surface area contributed by atoms with E-state index in [1.165, 1.54) is 5.56 Å². The molecular weight excluding hydrogens is 238 g/mol. The first-order valence-electron chi connectivity index (χ1n) is 6.11. The molecule has 4 heteroatoms. The molecule has 19 heavy (non-hydrogen) atoms. The molecule has 2 aromatic heterocycles. The van der Waals surface area contributed by atoms with Gasteiger partial charge >= 0.3 is 0 Å². The van der Waals surface area contributed by atoms with Gasteiger partial charge in [-0.1, -0.05) is 18.2 Å². The average Bonchev–Trinajstić information content (AvgIpc) is 2.83. The maximum Gasteiger partial charge on any atom is 0.138 e. The van der Waals surface area contributed by atoms with Crippen LogP contribution in [0.15, 0.2) is 48.7 Å². The molecule has 0 aliphatic heterocycles. The molecule has 0 saturated carbocycles. The minimum atomic E-state index is 0.696. The number of benzene rings is 1. The van der Waals surface area contributed by atoms with Crippen LogP contribution in [0.4, 0.5) is 5.82 Å². The molecule has 0 amide bonds. The molecule has 4 nitrogen and oxygen atoms in total. The van der Waals surface area contributed by atoms with Crippen molar-refractivity contribution in [2.45, 2.75) is 6.42 Å². The van der Waals surface area contributed by atoms with Gasteiger partial charge in [-0.25, -0.2) is 4.98 Å². The molecule has 96 valence electrons. The van der Waals surface area contributed by atoms with E-state index in [1.54, 1.807) is 7.11 Å². The molecular formula is C15H15N3O. The fraction of sp³-hybridized carbons (Fsp3) is 0.133. The highest BCUT2D eigenvalue weighted by Crippen LogP contribution is 2.17. The van der Waals surface area contributed by atoms with Crippen LogP contribution in [0.25, 0.3) is 5.65 Å². The third-order valence-electron chi connectivity index (χ3n) is 3.09. The predicted octanol–water partition coefficient (Wildman–Crippen LogP) is 2.52. The molecule has 1 aromatic carbocycles. The number of ether oxygens (including phenoxy) is 1. The highest BCUT2D eigenvalue weighted by molar-refractivity contribution is 5.49. The first-order chi connectivity index (χ1) is 9.26. The number of anilines is 1. The molecule has 3 rings (SSSR count). The number of aromatic nitrogens is 2. The maximum absolute atomic E-state index is 5.91. The van der Waals surface area contributed by atoms with Gasteiger partial charge in [0.2, 0.25) is 0 Å². The van der Waals surface area contributed by atoms with Crippen LogP contribution < -0.4 is 10.5 Å². The number of pyridine rings is 1. The summed E-state index contributed by atoms with van der Waals surface area (Å²) in [7, 11) is 1.67. The van der Waals surface area contributed by atoms with Crippen molar-refractivity contribution < 1.29 is 4.74 Å². The Morgan fingerprint density at radius 1 is 1.21 bits per heavy atom. The maximum atomic E-state index is 5.91. The normalized spacial score (nSPS) is 10.8. The zero-order valence-corrected chi connectivity index (χ0v) is 10.7. The van der Waals surface area contributed by atoms with Crippen LogP contribution in [0.1, 0.15) is 11.3 Å². The van der Waals surface area contributed by atoms with Gasteiger partial charge < -0.3 is 10.5 Å². The third kappa shape index (κ3) is 2.25. The number of hydrogen-bond donors (Lipinski definition) is 1. The number of nitrogen functional groups attached to an aromatic ring is 1. The Kier molecular flexibility index (Phi) is 2.83. The first kappa shape index (κ1) is 11.6. The summed E-state index contributed by atoms with van der Waals surface area (Å²) in [6, 6.07) is 13.7. The fourth-order valence-electron chi connectivity index (χ4n) is 2.16. The van der Waals surface area contributed by atoms with Crippen molar-refractivity contribution in [2.24, 2.45) is 0 Å². The Hall–Kier alpha value is -2.49. The highest BCUT2D eigenvalue weighted by atomic mass is 16.5. The van der Waals surface area contributed by atoms with E-state index in [4.69, 9.17) is 10.5 Å². The van der Waals surface area contributed by atoms with Gasteiger partial charge in [0.1, 0.15) is 17.2 Å². The molecule has 0 fully saturated rings. The van der Waals surface area contributed by atoms with E-state index in [0.29, 0.717) is 5.82 Å². The quantitative estimate of drug-likeness (QED) is 0.780. The zero-order chi connectivity index (χ0) is 13.2. The van der Waals surface area contributed by atoms with Crippen LogP contribution in [-0.4, -0.2) is 16.5 Å². The number of methoxy groups -OCH3 is 1. The van der Waals surface area contributed by atoms with Crippen LogP contribution in [0.3, 0.4) is 0 Å². The fourth-order valence-corrected chi connectivity index (χ4v) is 2.16. The summed E-state index contributed by atoms with van der Waals surface area (Å²) in [5.41, 5.74) is 8.94. The lowest BCUT2D eigenvalue weighted by atomic mass is 10.1. The minimum Gasteiger partial charge on any atom is -0.497 e. The van der Waals surface area contributed by atoms with Crippen molar-refractivity contribution in [3.63, 3.8) is 0 Å². The summed E-state index contributed by atoms with van der Waals surface area (Å²) in [6.45, 7) is 0. The molecule has 0 radical (unpaired) electrons. The van der Waals surface area contributed by atoms with Crippen molar-refractivity contribution in [1.82, 2.24) is 9.38 Å². The predicted molar refractivity (Wildman–Crippen MR) is 75.4 cm³/mol. The largest absolute Gasteiger partial charge is 0.497 e. The third-order valence-corrected chi connectivity index (χ3v) is 3.09. The number of imidazole rings is 1. The minimum absolute atomic E-state index is 0.696. The Labute approximate surface area is 111 Å². The summed E-state index contributed by atoms with van der Waals surface area (Å²) in [5.74, 6) is 1.56. The van der Waals surface area contributed by atoms with Gasteiger partial charge in [0, 0.05) is 12.6 Å². The number of hydrogen-bond acceptors (Lipinski definition) is 3. The number of fused-ring (bicyclic) bond motifs is 1. The monoisotopic (exact) mass is 253 g/mol. The molecule has 0 aliphatic carbocycles. The van der Waals surface area contributed by atoms with E-state index in [9.17, 15) is 0 Å². The summed E-state index contributed by atoms with van der Waals surface area (Å²) in [6.07, 6.45) is 2.74. The molecule has 0 saturated heterocycles. The SMILES string of the molecule is COc1cccc(Cc2cn3c(N)cccc3n2)c1. The van der Waals surface area contributed by atoms with Crippen molar-refractivity contribution in [3.05, 3.63) is 59.9 Å². The van der Waals surface area contributed by atoms with Gasteiger partial charge in [0.15, 0.2) is 0 Å². The van der Waals surface area contributed by atoms with E-state index in [0.717, 1.165) is 23.5 Å². The second-order valence-electron chi connectivity index (χ2n) is 4.44. The van der Waals surface area contributed by atoms with Gasteiger partial charge in [-0.15, -0.1) is 0 Å². The molecule has 0 aliphatic rings. The van der Waals surface area contributed by atoms with E-state index in [2.05, 4.69) is 11.1 Å². The van der Waals surface area contributed by atoms with Gasteiger partial charge in [0.25, 0.3) is 0 Å². The molecule has 0 spiro atoms. The van der Waals surface area contributed by atoms with Crippen molar-refractivity contribution in [2.75, 3.05) is 12.8 Å². The first-order valence-corrected chi connectivity index (χ1v) is 6.11. The van der Waals surface area contributed by atoms with E-state index >= 15 is 0 Å². The lowest BCUT2D eigenvalue weighted by Gasteiger charge is -2.02. The van der Waals surface area contributed by atoms with Crippen LogP contribution in [0.2, 0.25) is 0 Å². The molecule has 2 heterocycles. The highest BCUT2D eigenvalue weighted by Gasteiger charge is 2.05. The van der Waals surface area contributed by atoms with Crippen molar-refractivity contribution >= 4 is 11.5 Å². The van der Waals surface area contributed by atoms with Crippen LogP contribution >= 0.6 is 0 Å². The summed E-state index contributed by atoms with van der Waals surface area (Å²) < 4.78 is 7.12. The van der Waals surface area contributed by atoms with Crippen LogP contribution in [-0.2, 0) is 6.42 Å². The summed E-state index contributed by atoms with van der Waals surface area (Å²) in [5, 5.41) is 0. The lowest BCUT2D eigenvalue weighted by Crippen LogP contribution is -1.93.